The molecule has 1 heterocycles. The molecule has 5 heteroatoms. The normalized spacial score (nSPS) is 13.3. The molecular weight excluding hydrogens is 304 g/mol. The maximum absolute atomic E-state index is 9.49. The Morgan fingerprint density at radius 1 is 1.22 bits per heavy atom. The van der Waals surface area contributed by atoms with Crippen LogP contribution in [-0.2, 0) is 11.2 Å². The summed E-state index contributed by atoms with van der Waals surface area (Å²) in [5.74, 6) is 0.942. The third-order valence-electron chi connectivity index (χ3n) is 3.89. The number of nitrogens with zero attached hydrogens (tertiary/aromatic N) is 2. The molecule has 0 aliphatic carbocycles. The van der Waals surface area contributed by atoms with E-state index in [-0.39, 0.29) is 12.5 Å². The molecule has 0 saturated heterocycles. The fourth-order valence-corrected chi connectivity index (χ4v) is 4.62. The smallest absolute Gasteiger partial charge is 0.142 e. The number of hydrogen-bond acceptors (Lipinski definition) is 3. The number of aliphatic hydroxyl groups excluding tert-OH is 1. The van der Waals surface area contributed by atoms with Gasteiger partial charge in [-0.25, -0.2) is 4.98 Å². The Bertz CT molecular complexity index is 632. The van der Waals surface area contributed by atoms with Crippen molar-refractivity contribution in [2.45, 2.75) is 45.8 Å². The zero-order valence-electron chi connectivity index (χ0n) is 14.8. The Hall–Kier alpha value is -1.43. The van der Waals surface area contributed by atoms with Gasteiger partial charge in [-0.1, -0.05) is 50.0 Å². The Labute approximate surface area is 140 Å². The molecule has 1 aromatic heterocycles. The van der Waals surface area contributed by atoms with Crippen LogP contribution in [0.1, 0.15) is 24.2 Å². The summed E-state index contributed by atoms with van der Waals surface area (Å²) >= 11 is 0. The number of imidazole rings is 1. The van der Waals surface area contributed by atoms with Gasteiger partial charge in [0.05, 0.1) is 5.69 Å². The standard InChI is InChI=1S/C18H28N2O2Si/c1-6-22-18(23(3,4)5)20-16(12-13-21)14(2)19-17(20)15-10-8-7-9-11-15/h7-11,18,21H,6,12-13H2,1-5H3. The van der Waals surface area contributed by atoms with E-state index in [1.165, 1.54) is 0 Å². The lowest BCUT2D eigenvalue weighted by Crippen LogP contribution is -2.38. The predicted molar refractivity (Wildman–Crippen MR) is 97.2 cm³/mol. The van der Waals surface area contributed by atoms with Crippen LogP contribution >= 0.6 is 0 Å². The van der Waals surface area contributed by atoms with E-state index in [4.69, 9.17) is 9.72 Å². The molecule has 0 spiro atoms. The van der Waals surface area contributed by atoms with Crippen LogP contribution in [0.2, 0.25) is 19.6 Å². The summed E-state index contributed by atoms with van der Waals surface area (Å²) < 4.78 is 8.39. The number of ether oxygens (including phenoxy) is 1. The van der Waals surface area contributed by atoms with Crippen LogP contribution in [0.5, 0.6) is 0 Å². The molecule has 2 aromatic rings. The van der Waals surface area contributed by atoms with E-state index in [1.54, 1.807) is 0 Å². The van der Waals surface area contributed by atoms with Gasteiger partial charge in [-0.2, -0.15) is 0 Å². The van der Waals surface area contributed by atoms with Crippen LogP contribution in [0.15, 0.2) is 30.3 Å². The van der Waals surface area contributed by atoms with Gasteiger partial charge >= 0.3 is 0 Å². The molecule has 0 radical (unpaired) electrons. The minimum absolute atomic E-state index is 0.00505. The van der Waals surface area contributed by atoms with E-state index in [0.717, 1.165) is 22.8 Å². The molecule has 0 aliphatic heterocycles. The van der Waals surface area contributed by atoms with Crippen LogP contribution in [0.4, 0.5) is 0 Å². The predicted octanol–water partition coefficient (Wildman–Crippen LogP) is 3.81. The molecule has 1 N–H and O–H groups in total. The zero-order chi connectivity index (χ0) is 17.0. The number of benzene rings is 1. The molecule has 1 aromatic carbocycles. The average Bonchev–Trinajstić information content (AvgIpc) is 2.82. The van der Waals surface area contributed by atoms with Crippen molar-refractivity contribution in [2.24, 2.45) is 0 Å². The number of hydrogen-bond donors (Lipinski definition) is 1. The summed E-state index contributed by atoms with van der Waals surface area (Å²) in [4.78, 5) is 4.81. The summed E-state index contributed by atoms with van der Waals surface area (Å²) in [5, 5.41) is 9.49. The molecule has 0 aliphatic rings. The molecule has 0 fully saturated rings. The minimum atomic E-state index is -1.64. The average molecular weight is 333 g/mol. The highest BCUT2D eigenvalue weighted by Gasteiger charge is 2.33. The van der Waals surface area contributed by atoms with Gasteiger partial charge in [0, 0.05) is 30.9 Å². The van der Waals surface area contributed by atoms with Crippen LogP contribution in [0, 0.1) is 6.92 Å². The second-order valence-electron chi connectivity index (χ2n) is 6.85. The molecule has 2 rings (SSSR count). The highest BCUT2D eigenvalue weighted by molar-refractivity contribution is 6.76. The second-order valence-corrected chi connectivity index (χ2v) is 12.1. The molecular formula is C18H28N2O2Si. The quantitative estimate of drug-likeness (QED) is 0.784. The molecule has 0 bridgehead atoms. The minimum Gasteiger partial charge on any atom is -0.396 e. The largest absolute Gasteiger partial charge is 0.396 e. The molecule has 1 atom stereocenters. The zero-order valence-corrected chi connectivity index (χ0v) is 15.8. The van der Waals surface area contributed by atoms with E-state index >= 15 is 0 Å². The van der Waals surface area contributed by atoms with Gasteiger partial charge < -0.3 is 14.4 Å². The van der Waals surface area contributed by atoms with Crippen molar-refractivity contribution in [1.29, 1.82) is 0 Å². The SMILES string of the molecule is CCOC(n1c(-c2ccccc2)nc(C)c1CCO)[Si](C)(C)C. The van der Waals surface area contributed by atoms with Gasteiger partial charge in [0.2, 0.25) is 0 Å². The molecule has 4 nitrogen and oxygen atoms in total. The van der Waals surface area contributed by atoms with E-state index in [9.17, 15) is 5.11 Å². The van der Waals surface area contributed by atoms with Crippen LogP contribution in [0.25, 0.3) is 11.4 Å². The molecule has 23 heavy (non-hydrogen) atoms. The molecule has 126 valence electrons. The first-order chi connectivity index (χ1) is 10.9. The summed E-state index contributed by atoms with van der Waals surface area (Å²) in [6, 6.07) is 10.2. The number of rotatable bonds is 7. The van der Waals surface area contributed by atoms with Crippen molar-refractivity contribution >= 4 is 8.07 Å². The van der Waals surface area contributed by atoms with Gasteiger partial charge in [0.1, 0.15) is 19.7 Å². The van der Waals surface area contributed by atoms with Gasteiger partial charge in [-0.05, 0) is 13.8 Å². The third kappa shape index (κ3) is 3.91. The Kier molecular flexibility index (Phi) is 5.78. The number of aryl methyl sites for hydroxylation is 1. The van der Waals surface area contributed by atoms with E-state index in [0.29, 0.717) is 13.0 Å². The maximum atomic E-state index is 9.49. The summed E-state index contributed by atoms with van der Waals surface area (Å²) in [6.45, 7) is 11.7. The van der Waals surface area contributed by atoms with Crippen LogP contribution in [0.3, 0.4) is 0 Å². The maximum Gasteiger partial charge on any atom is 0.142 e. The van der Waals surface area contributed by atoms with Crippen molar-refractivity contribution in [3.8, 4) is 11.4 Å². The lowest BCUT2D eigenvalue weighted by atomic mass is 10.2. The van der Waals surface area contributed by atoms with E-state index in [2.05, 4.69) is 36.3 Å². The van der Waals surface area contributed by atoms with E-state index < -0.39 is 8.07 Å². The summed E-state index contributed by atoms with van der Waals surface area (Å²) in [6.07, 6.45) is 0.597. The van der Waals surface area contributed by atoms with Crippen molar-refractivity contribution < 1.29 is 9.84 Å². The Balaban J connectivity index is 2.66. The fourth-order valence-electron chi connectivity index (χ4n) is 2.90. The van der Waals surface area contributed by atoms with Crippen LogP contribution < -0.4 is 0 Å². The van der Waals surface area contributed by atoms with E-state index in [1.807, 2.05) is 32.0 Å². The highest BCUT2D eigenvalue weighted by Crippen LogP contribution is 2.32. The van der Waals surface area contributed by atoms with Gasteiger partial charge in [-0.3, -0.25) is 0 Å². The van der Waals surface area contributed by atoms with Crippen LogP contribution in [-0.4, -0.2) is 35.9 Å². The van der Waals surface area contributed by atoms with Crippen molar-refractivity contribution in [3.05, 3.63) is 41.7 Å². The highest BCUT2D eigenvalue weighted by atomic mass is 28.3. The summed E-state index contributed by atoms with van der Waals surface area (Å²) in [5.41, 5.74) is 3.14. The van der Waals surface area contributed by atoms with Gasteiger partial charge in [-0.15, -0.1) is 0 Å². The van der Waals surface area contributed by atoms with Crippen molar-refractivity contribution in [1.82, 2.24) is 9.55 Å². The first-order valence-electron chi connectivity index (χ1n) is 8.25. The van der Waals surface area contributed by atoms with Crippen molar-refractivity contribution in [3.63, 3.8) is 0 Å². The first-order valence-corrected chi connectivity index (χ1v) is 11.8. The third-order valence-corrected chi connectivity index (χ3v) is 5.80. The van der Waals surface area contributed by atoms with Gasteiger partial charge in [0.15, 0.2) is 0 Å². The number of aliphatic hydroxyl groups is 1. The number of aromatic nitrogens is 2. The first kappa shape index (κ1) is 17.9. The molecule has 0 saturated carbocycles. The lowest BCUT2D eigenvalue weighted by molar-refractivity contribution is 0.0625. The Morgan fingerprint density at radius 3 is 2.39 bits per heavy atom. The summed E-state index contributed by atoms with van der Waals surface area (Å²) in [7, 11) is -1.64. The molecule has 1 unspecified atom stereocenters. The molecule has 0 amide bonds. The fraction of sp³-hybridized carbons (Fsp3) is 0.500. The topological polar surface area (TPSA) is 47.3 Å². The monoisotopic (exact) mass is 332 g/mol. The lowest BCUT2D eigenvalue weighted by Gasteiger charge is -2.32. The Morgan fingerprint density at radius 2 is 1.87 bits per heavy atom. The van der Waals surface area contributed by atoms with Crippen molar-refractivity contribution in [2.75, 3.05) is 13.2 Å². The van der Waals surface area contributed by atoms with Gasteiger partial charge in [0.25, 0.3) is 0 Å². The second kappa shape index (κ2) is 7.42.